The number of amides is 1. The summed E-state index contributed by atoms with van der Waals surface area (Å²) in [5.41, 5.74) is 2.29. The highest BCUT2D eigenvalue weighted by atomic mass is 35.5. The maximum Gasteiger partial charge on any atom is 0.240 e. The molecule has 1 atom stereocenters. The van der Waals surface area contributed by atoms with E-state index in [9.17, 15) is 9.59 Å². The van der Waals surface area contributed by atoms with Crippen LogP contribution in [-0.4, -0.2) is 18.0 Å². The Labute approximate surface area is 212 Å². The zero-order valence-electron chi connectivity index (χ0n) is 20.6. The van der Waals surface area contributed by atoms with Crippen molar-refractivity contribution in [2.45, 2.75) is 58.7 Å². The van der Waals surface area contributed by atoms with Gasteiger partial charge in [-0.3, -0.25) is 9.59 Å². The molecule has 0 radical (unpaired) electrons. The summed E-state index contributed by atoms with van der Waals surface area (Å²) in [5, 5.41) is 3.08. The molecule has 0 saturated carbocycles. The third kappa shape index (κ3) is 7.33. The molecule has 0 aliphatic rings. The van der Waals surface area contributed by atoms with Gasteiger partial charge in [0.2, 0.25) is 12.2 Å². The lowest BCUT2D eigenvalue weighted by Gasteiger charge is -2.24. The maximum atomic E-state index is 12.5. The van der Waals surface area contributed by atoms with Gasteiger partial charge in [0.05, 0.1) is 17.1 Å². The molecule has 0 spiro atoms. The Morgan fingerprint density at radius 2 is 1.46 bits per heavy atom. The molecule has 35 heavy (non-hydrogen) atoms. The zero-order chi connectivity index (χ0) is 25.4. The van der Waals surface area contributed by atoms with Crippen molar-refractivity contribution in [2.24, 2.45) is 0 Å². The van der Waals surface area contributed by atoms with Crippen molar-refractivity contribution >= 4 is 29.0 Å². The van der Waals surface area contributed by atoms with E-state index < -0.39 is 12.2 Å². The predicted molar refractivity (Wildman–Crippen MR) is 141 cm³/mol. The van der Waals surface area contributed by atoms with Crippen molar-refractivity contribution in [3.63, 3.8) is 0 Å². The zero-order valence-corrected chi connectivity index (χ0v) is 21.4. The summed E-state index contributed by atoms with van der Waals surface area (Å²) in [6, 6.07) is 21.7. The second-order valence-electron chi connectivity index (χ2n) is 8.99. The topological polar surface area (TPSA) is 64.6 Å². The summed E-state index contributed by atoms with van der Waals surface area (Å²) in [6.07, 6.45) is 0.948. The number of ether oxygens (including phenoxy) is 2. The number of carbonyl (C=O) groups is 2. The van der Waals surface area contributed by atoms with Gasteiger partial charge in [0.25, 0.3) is 0 Å². The fourth-order valence-corrected chi connectivity index (χ4v) is 3.59. The first kappa shape index (κ1) is 26.3. The summed E-state index contributed by atoms with van der Waals surface area (Å²) in [6.45, 7) is 8.61. The Bertz CT molecular complexity index is 1140. The largest absolute Gasteiger partial charge is 0.455 e. The average molecular weight is 494 g/mol. The number of anilines is 1. The van der Waals surface area contributed by atoms with Gasteiger partial charge < -0.3 is 14.8 Å². The van der Waals surface area contributed by atoms with Crippen LogP contribution in [0.3, 0.4) is 0 Å². The van der Waals surface area contributed by atoms with E-state index >= 15 is 0 Å². The SMILES string of the molecule is CC[C@@H](Oc1ccc(C(=O)CC(=O)Nc2ccccc2Cl)cc1)Oc1ccc(C(C)(C)CC)cc1. The first-order valence-corrected chi connectivity index (χ1v) is 12.2. The minimum Gasteiger partial charge on any atom is -0.455 e. The molecule has 184 valence electrons. The van der Waals surface area contributed by atoms with Gasteiger partial charge in [0.15, 0.2) is 5.78 Å². The molecule has 3 rings (SSSR count). The lowest BCUT2D eigenvalue weighted by atomic mass is 9.82. The summed E-state index contributed by atoms with van der Waals surface area (Å²) in [4.78, 5) is 24.8. The van der Waals surface area contributed by atoms with Crippen molar-refractivity contribution in [1.82, 2.24) is 0 Å². The molecule has 3 aromatic carbocycles. The van der Waals surface area contributed by atoms with E-state index in [1.165, 1.54) is 5.56 Å². The van der Waals surface area contributed by atoms with Gasteiger partial charge in [-0.2, -0.15) is 0 Å². The molecular weight excluding hydrogens is 462 g/mol. The smallest absolute Gasteiger partial charge is 0.240 e. The lowest BCUT2D eigenvalue weighted by molar-refractivity contribution is -0.115. The van der Waals surface area contributed by atoms with Gasteiger partial charge in [-0.25, -0.2) is 0 Å². The van der Waals surface area contributed by atoms with Crippen LogP contribution in [0.25, 0.3) is 0 Å². The van der Waals surface area contributed by atoms with E-state index in [4.69, 9.17) is 21.1 Å². The Morgan fingerprint density at radius 1 is 0.886 bits per heavy atom. The van der Waals surface area contributed by atoms with Crippen molar-refractivity contribution in [2.75, 3.05) is 5.32 Å². The van der Waals surface area contributed by atoms with Crippen LogP contribution in [-0.2, 0) is 10.2 Å². The van der Waals surface area contributed by atoms with E-state index in [-0.39, 0.29) is 17.6 Å². The molecule has 0 aliphatic carbocycles. The Kier molecular flexibility index (Phi) is 8.94. The van der Waals surface area contributed by atoms with Crippen LogP contribution in [0, 0.1) is 0 Å². The number of carbonyl (C=O) groups excluding carboxylic acids is 2. The minimum atomic E-state index is -0.469. The van der Waals surface area contributed by atoms with E-state index in [0.29, 0.717) is 28.4 Å². The highest BCUT2D eigenvalue weighted by Gasteiger charge is 2.18. The standard InChI is InChI=1S/C29H32ClNO4/c1-5-28(35-23-17-13-21(14-18-23)29(3,4)6-2)34-22-15-11-20(12-16-22)26(32)19-27(33)31-25-10-8-7-9-24(25)30/h7-18,28H,5-6,19H2,1-4H3,(H,31,33)/t28-/m0/s1. The van der Waals surface area contributed by atoms with Gasteiger partial charge in [-0.1, -0.05) is 63.6 Å². The normalized spacial score (nSPS) is 12.0. The van der Waals surface area contributed by atoms with Crippen molar-refractivity contribution in [1.29, 1.82) is 0 Å². The number of halogens is 1. The van der Waals surface area contributed by atoms with E-state index in [2.05, 4.69) is 38.2 Å². The number of hydrogen-bond donors (Lipinski definition) is 1. The van der Waals surface area contributed by atoms with Gasteiger partial charge >= 0.3 is 0 Å². The molecule has 0 unspecified atom stereocenters. The summed E-state index contributed by atoms with van der Waals surface area (Å²) in [7, 11) is 0. The number of rotatable bonds is 11. The Balaban J connectivity index is 1.56. The molecule has 1 N–H and O–H groups in total. The molecule has 0 saturated heterocycles. The van der Waals surface area contributed by atoms with Crippen molar-refractivity contribution in [3.05, 3.63) is 88.9 Å². The summed E-state index contributed by atoms with van der Waals surface area (Å²) in [5.74, 6) is 0.609. The quantitative estimate of drug-likeness (QED) is 0.171. The number of para-hydroxylation sites is 1. The molecule has 5 nitrogen and oxygen atoms in total. The fourth-order valence-electron chi connectivity index (χ4n) is 3.41. The Morgan fingerprint density at radius 3 is 2.00 bits per heavy atom. The molecule has 6 heteroatoms. The van der Waals surface area contributed by atoms with Gasteiger partial charge in [-0.15, -0.1) is 0 Å². The monoisotopic (exact) mass is 493 g/mol. The fraction of sp³-hybridized carbons (Fsp3) is 0.310. The second kappa shape index (κ2) is 11.9. The first-order valence-electron chi connectivity index (χ1n) is 11.8. The number of ketones is 1. The molecule has 1 amide bonds. The molecule has 0 heterocycles. The predicted octanol–water partition coefficient (Wildman–Crippen LogP) is 7.43. The number of hydrogen-bond acceptors (Lipinski definition) is 4. The van der Waals surface area contributed by atoms with Crippen LogP contribution in [0.4, 0.5) is 5.69 Å². The van der Waals surface area contributed by atoms with Crippen LogP contribution in [0.1, 0.15) is 62.9 Å². The van der Waals surface area contributed by atoms with Gasteiger partial charge in [-0.05, 0) is 65.9 Å². The first-order chi connectivity index (χ1) is 16.7. The van der Waals surface area contributed by atoms with Crippen LogP contribution in [0.15, 0.2) is 72.8 Å². The number of benzene rings is 3. The van der Waals surface area contributed by atoms with E-state index in [1.807, 2.05) is 19.1 Å². The van der Waals surface area contributed by atoms with Crippen molar-refractivity contribution in [3.8, 4) is 11.5 Å². The maximum absolute atomic E-state index is 12.5. The molecule has 0 aliphatic heterocycles. The molecule has 0 fully saturated rings. The lowest BCUT2D eigenvalue weighted by Crippen LogP contribution is -2.23. The van der Waals surface area contributed by atoms with Crippen LogP contribution in [0.2, 0.25) is 5.02 Å². The third-order valence-electron chi connectivity index (χ3n) is 6.03. The average Bonchev–Trinajstić information content (AvgIpc) is 2.85. The van der Waals surface area contributed by atoms with Crippen LogP contribution in [0.5, 0.6) is 11.5 Å². The van der Waals surface area contributed by atoms with E-state index in [0.717, 1.165) is 12.2 Å². The summed E-state index contributed by atoms with van der Waals surface area (Å²) < 4.78 is 12.0. The number of nitrogens with one attached hydrogen (secondary N) is 1. The van der Waals surface area contributed by atoms with Crippen LogP contribution < -0.4 is 14.8 Å². The highest BCUT2D eigenvalue weighted by molar-refractivity contribution is 6.33. The van der Waals surface area contributed by atoms with E-state index in [1.54, 1.807) is 48.5 Å². The molecule has 3 aromatic rings. The third-order valence-corrected chi connectivity index (χ3v) is 6.36. The highest BCUT2D eigenvalue weighted by Crippen LogP contribution is 2.29. The van der Waals surface area contributed by atoms with Crippen molar-refractivity contribution < 1.29 is 19.1 Å². The minimum absolute atomic E-state index is 0.119. The molecule has 0 aromatic heterocycles. The van der Waals surface area contributed by atoms with Gasteiger partial charge in [0.1, 0.15) is 11.5 Å². The summed E-state index contributed by atoms with van der Waals surface area (Å²) >= 11 is 6.05. The molecular formula is C29H32ClNO4. The Hall–Kier alpha value is -3.31. The number of Topliss-reactive ketones (excluding diaryl/α,β-unsaturated/α-hetero) is 1. The second-order valence-corrected chi connectivity index (χ2v) is 9.39. The van der Waals surface area contributed by atoms with Gasteiger partial charge in [0, 0.05) is 12.0 Å². The van der Waals surface area contributed by atoms with Crippen LogP contribution >= 0.6 is 11.6 Å². The molecule has 0 bridgehead atoms.